The normalized spacial score (nSPS) is 18.0. The summed E-state index contributed by atoms with van der Waals surface area (Å²) in [5, 5.41) is 9.29. The van der Waals surface area contributed by atoms with Crippen molar-refractivity contribution in [3.05, 3.63) is 29.8 Å². The minimum atomic E-state index is -4.07. The zero-order valence-electron chi connectivity index (χ0n) is 27.8. The molecule has 1 aromatic rings. The van der Waals surface area contributed by atoms with Crippen molar-refractivity contribution in [3.63, 3.8) is 0 Å². The van der Waals surface area contributed by atoms with Gasteiger partial charge in [0.05, 0.1) is 47.4 Å². The number of rotatable bonds is 20. The van der Waals surface area contributed by atoms with Crippen LogP contribution >= 0.6 is 0 Å². The quantitative estimate of drug-likeness (QED) is 0.0702. The number of aryl methyl sites for hydroxylation is 1. The largest absolute Gasteiger partial charge is 0.469 e. The number of benzene rings is 1. The highest BCUT2D eigenvalue weighted by atomic mass is 32.2. The monoisotopic (exact) mass is 672 g/mol. The fourth-order valence-electron chi connectivity index (χ4n) is 5.15. The number of methoxy groups -OCH3 is 1. The van der Waals surface area contributed by atoms with Gasteiger partial charge in [0.25, 0.3) is 10.1 Å². The van der Waals surface area contributed by atoms with Crippen LogP contribution in [0.1, 0.15) is 65.9 Å². The Balaban J connectivity index is 2.20. The third-order valence-electron chi connectivity index (χ3n) is 8.08. The first kappa shape index (κ1) is 39.1. The topological polar surface area (TPSA) is 181 Å². The molecule has 1 saturated heterocycles. The Morgan fingerprint density at radius 3 is 2.04 bits per heavy atom. The fraction of sp³-hybridized carbons (Fsp3) is 0.688. The Morgan fingerprint density at radius 2 is 1.50 bits per heavy atom. The highest BCUT2D eigenvalue weighted by Crippen LogP contribution is 2.45. The number of carbonyl (C=O) groups excluding carboxylic acids is 4. The van der Waals surface area contributed by atoms with Gasteiger partial charge in [-0.1, -0.05) is 24.6 Å². The third kappa shape index (κ3) is 11.3. The first-order valence-electron chi connectivity index (χ1n) is 15.2. The maximum Gasteiger partial charge on any atom is 0.311 e. The van der Waals surface area contributed by atoms with E-state index in [0.29, 0.717) is 6.61 Å². The first-order chi connectivity index (χ1) is 21.4. The van der Waals surface area contributed by atoms with E-state index in [1.807, 2.05) is 6.92 Å². The molecule has 1 aliphatic heterocycles. The lowest BCUT2D eigenvalue weighted by Gasteiger charge is -2.38. The Hall–Kier alpha value is -3.07. The van der Waals surface area contributed by atoms with E-state index in [4.69, 9.17) is 27.9 Å². The van der Waals surface area contributed by atoms with Crippen molar-refractivity contribution in [2.45, 2.75) is 78.2 Å². The molecular weight excluding hydrogens is 624 g/mol. The van der Waals surface area contributed by atoms with E-state index in [1.165, 1.54) is 26.2 Å². The molecule has 0 bridgehead atoms. The number of hydrogen-bond acceptors (Lipinski definition) is 13. The van der Waals surface area contributed by atoms with Crippen molar-refractivity contribution >= 4 is 34.0 Å². The molecule has 1 fully saturated rings. The van der Waals surface area contributed by atoms with Gasteiger partial charge in [0.2, 0.25) is 0 Å². The molecule has 2 rings (SSSR count). The Bertz CT molecular complexity index is 1300. The van der Waals surface area contributed by atoms with Crippen LogP contribution in [0.3, 0.4) is 0 Å². The molecule has 4 unspecified atom stereocenters. The molecule has 0 radical (unpaired) electrons. The molecule has 260 valence electrons. The van der Waals surface area contributed by atoms with Gasteiger partial charge in [0, 0.05) is 0 Å². The molecular formula is C32H48O13S. The highest BCUT2D eigenvalue weighted by Gasteiger charge is 2.49. The van der Waals surface area contributed by atoms with Crippen molar-refractivity contribution in [2.24, 2.45) is 22.2 Å². The first-order valence-corrected chi connectivity index (χ1v) is 16.6. The van der Waals surface area contributed by atoms with Gasteiger partial charge in [-0.2, -0.15) is 8.42 Å². The molecule has 0 spiro atoms. The van der Waals surface area contributed by atoms with Gasteiger partial charge in [0.1, 0.15) is 32.5 Å². The molecule has 0 amide bonds. The smallest absolute Gasteiger partial charge is 0.311 e. The third-order valence-corrected chi connectivity index (χ3v) is 9.41. The molecule has 1 aromatic carbocycles. The van der Waals surface area contributed by atoms with Crippen molar-refractivity contribution in [3.8, 4) is 0 Å². The number of ether oxygens (including phenoxy) is 5. The minimum absolute atomic E-state index is 0.0338. The van der Waals surface area contributed by atoms with Gasteiger partial charge in [-0.15, -0.1) is 0 Å². The second-order valence-electron chi connectivity index (χ2n) is 12.8. The molecule has 13 nitrogen and oxygen atoms in total. The Labute approximate surface area is 271 Å². The SMILES string of the molecule is CCC(C)(CC(C)(CC(CC(C)(C)C(=O)OCC1CO1)C(=O)OC)C(=O)OCCO)C(=O)OCCOS(=O)(=O)c1ccc(C)cc1. The van der Waals surface area contributed by atoms with Gasteiger partial charge >= 0.3 is 23.9 Å². The standard InChI is InChI=1S/C32H48O13S/c1-8-31(5,28(36)42-15-16-45-46(38,39)25-11-9-22(2)10-12-25)21-32(6,29(37)41-14-13-33)18-23(26(34)40-7)17-30(3,4)27(35)44-20-24-19-43-24/h9-12,23-24,33H,8,13-21H2,1-7H3. The lowest BCUT2D eigenvalue weighted by Crippen LogP contribution is -2.43. The zero-order valence-corrected chi connectivity index (χ0v) is 28.6. The average molecular weight is 673 g/mol. The number of esters is 4. The maximum atomic E-state index is 13.5. The van der Waals surface area contributed by atoms with Crippen LogP contribution in [0, 0.1) is 29.1 Å². The number of epoxide rings is 1. The summed E-state index contributed by atoms with van der Waals surface area (Å²) in [6, 6.07) is 6.09. The summed E-state index contributed by atoms with van der Waals surface area (Å²) in [6.07, 6.45) is -0.266. The van der Waals surface area contributed by atoms with Crippen molar-refractivity contribution in [1.29, 1.82) is 0 Å². The van der Waals surface area contributed by atoms with Gasteiger partial charge in [-0.25, -0.2) is 0 Å². The minimum Gasteiger partial charge on any atom is -0.469 e. The highest BCUT2D eigenvalue weighted by molar-refractivity contribution is 7.86. The summed E-state index contributed by atoms with van der Waals surface area (Å²) in [4.78, 5) is 52.7. The molecule has 46 heavy (non-hydrogen) atoms. The van der Waals surface area contributed by atoms with Crippen molar-refractivity contribution in [2.75, 3.05) is 46.8 Å². The number of aliphatic hydroxyl groups is 1. The number of carbonyl (C=O) groups is 4. The molecule has 0 aromatic heterocycles. The van der Waals surface area contributed by atoms with Crippen LogP contribution in [0.15, 0.2) is 29.2 Å². The van der Waals surface area contributed by atoms with E-state index in [1.54, 1.807) is 39.8 Å². The summed E-state index contributed by atoms with van der Waals surface area (Å²) in [5.41, 5.74) is -3.04. The average Bonchev–Trinajstić information content (AvgIpc) is 3.84. The van der Waals surface area contributed by atoms with E-state index >= 15 is 0 Å². The van der Waals surface area contributed by atoms with Crippen molar-refractivity contribution in [1.82, 2.24) is 0 Å². The predicted octanol–water partition coefficient (Wildman–Crippen LogP) is 3.13. The summed E-state index contributed by atoms with van der Waals surface area (Å²) in [5.74, 6) is -3.67. The van der Waals surface area contributed by atoms with E-state index in [-0.39, 0.29) is 56.5 Å². The van der Waals surface area contributed by atoms with E-state index in [9.17, 15) is 32.7 Å². The van der Waals surface area contributed by atoms with Crippen molar-refractivity contribution < 1.29 is 60.6 Å². The molecule has 14 heteroatoms. The molecule has 0 aliphatic carbocycles. The van der Waals surface area contributed by atoms with Crippen LogP contribution < -0.4 is 0 Å². The van der Waals surface area contributed by atoms with Gasteiger partial charge in [-0.3, -0.25) is 23.4 Å². The second-order valence-corrected chi connectivity index (χ2v) is 14.4. The fourth-order valence-corrected chi connectivity index (χ4v) is 6.04. The van der Waals surface area contributed by atoms with E-state index in [2.05, 4.69) is 0 Å². The van der Waals surface area contributed by atoms with Crippen LogP contribution in [-0.2, 0) is 57.2 Å². The number of aliphatic hydroxyl groups excluding tert-OH is 1. The summed E-state index contributed by atoms with van der Waals surface area (Å²) in [7, 11) is -2.88. The zero-order chi connectivity index (χ0) is 34.8. The Morgan fingerprint density at radius 1 is 0.913 bits per heavy atom. The van der Waals surface area contributed by atoms with Crippen LogP contribution in [0.4, 0.5) is 0 Å². The van der Waals surface area contributed by atoms with Gasteiger partial charge in [-0.05, 0) is 72.4 Å². The summed E-state index contributed by atoms with van der Waals surface area (Å²) >= 11 is 0. The molecule has 1 heterocycles. The molecule has 0 saturated carbocycles. The second kappa shape index (κ2) is 16.7. The van der Waals surface area contributed by atoms with Crippen LogP contribution in [-0.4, -0.2) is 90.3 Å². The maximum absolute atomic E-state index is 13.5. The van der Waals surface area contributed by atoms with E-state index < -0.39 is 69.4 Å². The molecule has 1 aliphatic rings. The van der Waals surface area contributed by atoms with E-state index in [0.717, 1.165) is 5.56 Å². The molecule has 4 atom stereocenters. The lowest BCUT2D eigenvalue weighted by molar-refractivity contribution is -0.167. The van der Waals surface area contributed by atoms with Gasteiger partial charge in [0.15, 0.2) is 0 Å². The van der Waals surface area contributed by atoms with Crippen LogP contribution in [0.25, 0.3) is 0 Å². The van der Waals surface area contributed by atoms with Crippen LogP contribution in [0.2, 0.25) is 0 Å². The summed E-state index contributed by atoms with van der Waals surface area (Å²) < 4.78 is 56.2. The molecule has 1 N–H and O–H groups in total. The Kier molecular flexibility index (Phi) is 14.2. The van der Waals surface area contributed by atoms with Gasteiger partial charge < -0.3 is 28.8 Å². The number of hydrogen-bond donors (Lipinski definition) is 1. The summed E-state index contributed by atoms with van der Waals surface area (Å²) in [6.45, 7) is 8.95. The van der Waals surface area contributed by atoms with Crippen LogP contribution in [0.5, 0.6) is 0 Å². The predicted molar refractivity (Wildman–Crippen MR) is 164 cm³/mol. The lowest BCUT2D eigenvalue weighted by atomic mass is 9.66.